The Morgan fingerprint density at radius 1 is 1.17 bits per heavy atom. The number of nitrogens with one attached hydrogen (secondary N) is 1. The molecule has 1 aromatic heterocycles. The zero-order chi connectivity index (χ0) is 21.2. The normalized spacial score (nSPS) is 15.5. The van der Waals surface area contributed by atoms with Crippen molar-refractivity contribution in [3.63, 3.8) is 0 Å². The van der Waals surface area contributed by atoms with Gasteiger partial charge in [-0.15, -0.1) is 0 Å². The highest BCUT2D eigenvalue weighted by Crippen LogP contribution is 2.36. The van der Waals surface area contributed by atoms with E-state index in [1.807, 2.05) is 12.1 Å². The van der Waals surface area contributed by atoms with E-state index >= 15 is 0 Å². The molecule has 0 saturated heterocycles. The third-order valence-electron chi connectivity index (χ3n) is 6.20. The standard InChI is InChI=1S/C24H35N3OS/c1-16-22(29-25)14-21(27(16)15-17-9-7-6-8-10-17)18-11-19(23(28)26-5)13-20(12-18)24(2,3)4/h11-14,17H,6-10,15,25H2,1-5H3,(H,26,28). The molecule has 0 bridgehead atoms. The second-order valence-corrected chi connectivity index (χ2v) is 10.0. The van der Waals surface area contributed by atoms with Gasteiger partial charge in [0.1, 0.15) is 0 Å². The predicted molar refractivity (Wildman–Crippen MR) is 123 cm³/mol. The summed E-state index contributed by atoms with van der Waals surface area (Å²) in [5.74, 6) is 0.668. The highest BCUT2D eigenvalue weighted by molar-refractivity contribution is 7.97. The minimum absolute atomic E-state index is 0.0416. The lowest BCUT2D eigenvalue weighted by Crippen LogP contribution is -2.20. The predicted octanol–water partition coefficient (Wildman–Crippen LogP) is 5.67. The summed E-state index contributed by atoms with van der Waals surface area (Å²) in [6.45, 7) is 9.75. The first-order valence-electron chi connectivity index (χ1n) is 10.7. The average Bonchev–Trinajstić information content (AvgIpc) is 3.02. The first kappa shape index (κ1) is 22.0. The number of hydrogen-bond acceptors (Lipinski definition) is 3. The zero-order valence-corrected chi connectivity index (χ0v) is 19.3. The Morgan fingerprint density at radius 3 is 2.45 bits per heavy atom. The minimum Gasteiger partial charge on any atom is -0.355 e. The minimum atomic E-state index is -0.0483. The van der Waals surface area contributed by atoms with Gasteiger partial charge in [-0.3, -0.25) is 9.93 Å². The van der Waals surface area contributed by atoms with Crippen LogP contribution in [0, 0.1) is 12.8 Å². The van der Waals surface area contributed by atoms with Crippen LogP contribution in [0.5, 0.6) is 0 Å². The molecular weight excluding hydrogens is 378 g/mol. The van der Waals surface area contributed by atoms with Crippen LogP contribution in [0.2, 0.25) is 0 Å². The fraction of sp³-hybridized carbons (Fsp3) is 0.542. The molecule has 4 nitrogen and oxygen atoms in total. The van der Waals surface area contributed by atoms with Gasteiger partial charge < -0.3 is 9.88 Å². The van der Waals surface area contributed by atoms with Crippen LogP contribution in [0.4, 0.5) is 0 Å². The van der Waals surface area contributed by atoms with Gasteiger partial charge in [0, 0.05) is 35.4 Å². The molecule has 1 saturated carbocycles. The number of carbonyl (C=O) groups is 1. The number of benzene rings is 1. The van der Waals surface area contributed by atoms with E-state index in [1.54, 1.807) is 7.05 Å². The Morgan fingerprint density at radius 2 is 1.86 bits per heavy atom. The lowest BCUT2D eigenvalue weighted by atomic mass is 9.84. The van der Waals surface area contributed by atoms with Crippen molar-refractivity contribution in [3.8, 4) is 11.3 Å². The zero-order valence-electron chi connectivity index (χ0n) is 18.5. The van der Waals surface area contributed by atoms with Crippen LogP contribution in [0.25, 0.3) is 11.3 Å². The van der Waals surface area contributed by atoms with E-state index in [0.29, 0.717) is 11.5 Å². The number of hydrogen-bond donors (Lipinski definition) is 2. The second-order valence-electron chi connectivity index (χ2n) is 9.34. The molecule has 1 amide bonds. The molecule has 0 aliphatic heterocycles. The summed E-state index contributed by atoms with van der Waals surface area (Å²) in [4.78, 5) is 13.6. The number of aromatic nitrogens is 1. The Bertz CT molecular complexity index is 873. The largest absolute Gasteiger partial charge is 0.355 e. The number of nitrogens with zero attached hydrogens (tertiary/aromatic N) is 1. The van der Waals surface area contributed by atoms with Crippen LogP contribution in [0.1, 0.15) is 74.5 Å². The van der Waals surface area contributed by atoms with Gasteiger partial charge in [-0.25, -0.2) is 0 Å². The van der Waals surface area contributed by atoms with E-state index in [9.17, 15) is 4.79 Å². The molecule has 0 spiro atoms. The number of rotatable bonds is 5. The van der Waals surface area contributed by atoms with Gasteiger partial charge in [0.2, 0.25) is 0 Å². The van der Waals surface area contributed by atoms with Gasteiger partial charge in [0.25, 0.3) is 5.91 Å². The summed E-state index contributed by atoms with van der Waals surface area (Å²) in [6.07, 6.45) is 6.63. The summed E-state index contributed by atoms with van der Waals surface area (Å²) in [5.41, 5.74) is 5.31. The van der Waals surface area contributed by atoms with Crippen molar-refractivity contribution >= 4 is 17.9 Å². The lowest BCUT2D eigenvalue weighted by Gasteiger charge is -2.25. The first-order valence-corrected chi connectivity index (χ1v) is 11.6. The maximum absolute atomic E-state index is 12.5. The van der Waals surface area contributed by atoms with Gasteiger partial charge in [-0.05, 0) is 78.4 Å². The smallest absolute Gasteiger partial charge is 0.251 e. The van der Waals surface area contributed by atoms with Crippen LogP contribution in [0.15, 0.2) is 29.2 Å². The van der Waals surface area contributed by atoms with Crippen molar-refractivity contribution < 1.29 is 4.79 Å². The van der Waals surface area contributed by atoms with E-state index in [4.69, 9.17) is 5.14 Å². The molecule has 0 radical (unpaired) electrons. The molecule has 1 aliphatic rings. The lowest BCUT2D eigenvalue weighted by molar-refractivity contribution is 0.0963. The van der Waals surface area contributed by atoms with Crippen LogP contribution in [-0.2, 0) is 12.0 Å². The van der Waals surface area contributed by atoms with Gasteiger partial charge in [0.05, 0.1) is 0 Å². The maximum Gasteiger partial charge on any atom is 0.251 e. The summed E-state index contributed by atoms with van der Waals surface area (Å²) >= 11 is 1.31. The van der Waals surface area contributed by atoms with E-state index in [0.717, 1.165) is 22.7 Å². The molecule has 1 aromatic carbocycles. The van der Waals surface area contributed by atoms with Crippen LogP contribution >= 0.6 is 11.9 Å². The molecule has 1 heterocycles. The number of carbonyl (C=O) groups excluding carboxylic acids is 1. The van der Waals surface area contributed by atoms with E-state index in [2.05, 4.69) is 49.7 Å². The molecule has 1 fully saturated rings. The second kappa shape index (κ2) is 8.97. The van der Waals surface area contributed by atoms with Crippen LogP contribution in [0.3, 0.4) is 0 Å². The van der Waals surface area contributed by atoms with Gasteiger partial charge >= 0.3 is 0 Å². The van der Waals surface area contributed by atoms with E-state index in [1.165, 1.54) is 55.3 Å². The van der Waals surface area contributed by atoms with E-state index in [-0.39, 0.29) is 11.3 Å². The van der Waals surface area contributed by atoms with Gasteiger partial charge in [-0.1, -0.05) is 40.0 Å². The first-order chi connectivity index (χ1) is 13.7. The summed E-state index contributed by atoms with van der Waals surface area (Å²) in [7, 11) is 1.69. The van der Waals surface area contributed by atoms with Crippen LogP contribution in [-0.4, -0.2) is 17.5 Å². The molecule has 0 unspecified atom stereocenters. The molecule has 5 heteroatoms. The van der Waals surface area contributed by atoms with Crippen molar-refractivity contribution in [2.45, 2.75) is 76.7 Å². The van der Waals surface area contributed by atoms with Crippen molar-refractivity contribution in [2.24, 2.45) is 11.1 Å². The quantitative estimate of drug-likeness (QED) is 0.621. The molecule has 158 valence electrons. The fourth-order valence-corrected chi connectivity index (χ4v) is 4.79. The summed E-state index contributed by atoms with van der Waals surface area (Å²) in [5, 5.41) is 8.76. The Hall–Kier alpha value is -1.72. The van der Waals surface area contributed by atoms with Gasteiger partial charge in [-0.2, -0.15) is 0 Å². The molecule has 2 aromatic rings. The molecule has 29 heavy (non-hydrogen) atoms. The Balaban J connectivity index is 2.12. The van der Waals surface area contributed by atoms with Gasteiger partial charge in [0.15, 0.2) is 0 Å². The van der Waals surface area contributed by atoms with E-state index < -0.39 is 0 Å². The average molecular weight is 414 g/mol. The summed E-state index contributed by atoms with van der Waals surface area (Å²) < 4.78 is 2.43. The summed E-state index contributed by atoms with van der Waals surface area (Å²) in [6, 6.07) is 8.47. The SMILES string of the molecule is CNC(=O)c1cc(-c2cc(SN)c(C)n2CC2CCCCC2)cc(C(C)(C)C)c1. The molecule has 1 aliphatic carbocycles. The third-order valence-corrected chi connectivity index (χ3v) is 6.86. The topological polar surface area (TPSA) is 60.1 Å². The van der Waals surface area contributed by atoms with Crippen molar-refractivity contribution in [1.82, 2.24) is 9.88 Å². The fourth-order valence-electron chi connectivity index (χ4n) is 4.33. The Labute approximate surface area is 179 Å². The Kier molecular flexibility index (Phi) is 6.79. The molecular formula is C24H35N3OS. The highest BCUT2D eigenvalue weighted by Gasteiger charge is 2.22. The molecule has 0 atom stereocenters. The highest BCUT2D eigenvalue weighted by atomic mass is 32.2. The van der Waals surface area contributed by atoms with Crippen LogP contribution < -0.4 is 10.5 Å². The van der Waals surface area contributed by atoms with Crippen molar-refractivity contribution in [1.29, 1.82) is 0 Å². The molecule has 3 rings (SSSR count). The van der Waals surface area contributed by atoms with Crippen molar-refractivity contribution in [2.75, 3.05) is 7.05 Å². The number of nitrogens with two attached hydrogens (primary N) is 1. The number of amides is 1. The van der Waals surface area contributed by atoms with Crippen molar-refractivity contribution in [3.05, 3.63) is 41.1 Å². The monoisotopic (exact) mass is 413 g/mol. The molecule has 3 N–H and O–H groups in total. The third kappa shape index (κ3) is 4.89. The maximum atomic E-state index is 12.5.